The van der Waals surface area contributed by atoms with Gasteiger partial charge in [0.05, 0.1) is 18.0 Å². The van der Waals surface area contributed by atoms with E-state index in [4.69, 9.17) is 14.5 Å². The summed E-state index contributed by atoms with van der Waals surface area (Å²) in [5.74, 6) is 1.88. The monoisotopic (exact) mass is 496 g/mol. The zero-order valence-corrected chi connectivity index (χ0v) is 22.5. The van der Waals surface area contributed by atoms with Crippen LogP contribution < -0.4 is 4.90 Å². The lowest BCUT2D eigenvalue weighted by atomic mass is 10.0. The van der Waals surface area contributed by atoms with Crippen LogP contribution >= 0.6 is 0 Å². The molecule has 2 saturated carbocycles. The van der Waals surface area contributed by atoms with Crippen molar-refractivity contribution in [2.45, 2.75) is 90.8 Å². The first-order valence-corrected chi connectivity index (χ1v) is 13.3. The maximum absolute atomic E-state index is 12.6. The second kappa shape index (κ2) is 10.6. The van der Waals surface area contributed by atoms with Crippen LogP contribution in [0.25, 0.3) is 10.9 Å². The number of piperazine rings is 1. The van der Waals surface area contributed by atoms with Gasteiger partial charge in [-0.2, -0.15) is 0 Å². The van der Waals surface area contributed by atoms with Gasteiger partial charge in [-0.15, -0.1) is 0 Å². The molecular weight excluding hydrogens is 456 g/mol. The van der Waals surface area contributed by atoms with Gasteiger partial charge in [0, 0.05) is 30.6 Å². The summed E-state index contributed by atoms with van der Waals surface area (Å²) in [5, 5.41) is 1.18. The van der Waals surface area contributed by atoms with Gasteiger partial charge < -0.3 is 19.3 Å². The lowest BCUT2D eigenvalue weighted by molar-refractivity contribution is -0.144. The van der Waals surface area contributed by atoms with Gasteiger partial charge in [-0.1, -0.05) is 12.1 Å². The van der Waals surface area contributed by atoms with Crippen LogP contribution in [0.2, 0.25) is 0 Å². The van der Waals surface area contributed by atoms with Crippen LogP contribution in [0.4, 0.5) is 10.6 Å². The molecule has 3 fully saturated rings. The zero-order valence-electron chi connectivity index (χ0n) is 22.5. The van der Waals surface area contributed by atoms with Crippen LogP contribution in [0.1, 0.15) is 78.7 Å². The van der Waals surface area contributed by atoms with Crippen molar-refractivity contribution in [1.82, 2.24) is 14.9 Å². The first-order valence-electron chi connectivity index (χ1n) is 13.3. The number of rotatable bonds is 4. The summed E-state index contributed by atoms with van der Waals surface area (Å²) in [5.41, 5.74) is 1.88. The van der Waals surface area contributed by atoms with Crippen LogP contribution in [0, 0.1) is 5.92 Å². The average Bonchev–Trinajstić information content (AvgIpc) is 3.72. The predicted octanol–water partition coefficient (Wildman–Crippen LogP) is 5.30. The van der Waals surface area contributed by atoms with Crippen molar-refractivity contribution in [1.29, 1.82) is 0 Å². The lowest BCUT2D eigenvalue weighted by Crippen LogP contribution is -2.59. The Hall–Kier alpha value is -2.90. The Labute approximate surface area is 214 Å². The summed E-state index contributed by atoms with van der Waals surface area (Å²) in [4.78, 5) is 36.6. The van der Waals surface area contributed by atoms with Crippen LogP contribution in [-0.4, -0.2) is 64.3 Å². The van der Waals surface area contributed by atoms with E-state index in [2.05, 4.69) is 41.9 Å². The standard InChI is InChI=1S/C22H30N4O2.C6H10O2/c1-14-12-26(21(27)28-22(3,4)5)15(2)11-25(14)20-19-17(16-9-10-16)7-6-8-18(19)23-13-24-20;1-2-8-6(7)5-3-4-5/h6-8,13-16H,9-12H2,1-5H3;5H,2-4H2,1H3/t14-,15+;/m0./s1. The topological polar surface area (TPSA) is 84.9 Å². The number of carbonyl (C=O) groups excluding carboxylic acids is 2. The molecule has 8 nitrogen and oxygen atoms in total. The Kier molecular flexibility index (Phi) is 7.71. The molecule has 1 aromatic carbocycles. The lowest BCUT2D eigenvalue weighted by Gasteiger charge is -2.45. The molecule has 0 radical (unpaired) electrons. The number of ether oxygens (including phenoxy) is 2. The number of hydrogen-bond acceptors (Lipinski definition) is 7. The average molecular weight is 497 g/mol. The van der Waals surface area contributed by atoms with E-state index >= 15 is 0 Å². The third kappa shape index (κ3) is 6.26. The number of amides is 1. The minimum absolute atomic E-state index is 0.00694. The SMILES string of the molecule is CCOC(=O)C1CC1.C[C@@H]1CN(c2ncnc3cccc(C4CC4)c23)[C@@H](C)CN1C(=O)OC(C)(C)C. The number of benzene rings is 1. The molecular formula is C28H40N4O4. The van der Waals surface area contributed by atoms with Crippen LogP contribution in [0.15, 0.2) is 24.5 Å². The number of hydrogen-bond donors (Lipinski definition) is 0. The van der Waals surface area contributed by atoms with E-state index < -0.39 is 5.60 Å². The number of aromatic nitrogens is 2. The van der Waals surface area contributed by atoms with Crippen molar-refractivity contribution in [3.63, 3.8) is 0 Å². The minimum atomic E-state index is -0.487. The number of esters is 1. The van der Waals surface area contributed by atoms with Gasteiger partial charge in [-0.25, -0.2) is 14.8 Å². The van der Waals surface area contributed by atoms with E-state index in [9.17, 15) is 9.59 Å². The summed E-state index contributed by atoms with van der Waals surface area (Å²) in [6.07, 6.45) is 5.99. The van der Waals surface area contributed by atoms with Crippen LogP contribution in [0.3, 0.4) is 0 Å². The molecule has 2 atom stereocenters. The molecule has 1 amide bonds. The number of anilines is 1. The van der Waals surface area contributed by atoms with Crippen LogP contribution in [0.5, 0.6) is 0 Å². The third-order valence-electron chi connectivity index (χ3n) is 6.78. The maximum Gasteiger partial charge on any atom is 0.410 e. The molecule has 0 N–H and O–H groups in total. The molecule has 0 bridgehead atoms. The van der Waals surface area contributed by atoms with E-state index in [0.717, 1.165) is 30.7 Å². The summed E-state index contributed by atoms with van der Waals surface area (Å²) in [6.45, 7) is 13.6. The molecule has 1 aliphatic heterocycles. The van der Waals surface area contributed by atoms with Gasteiger partial charge in [-0.05, 0) is 84.8 Å². The van der Waals surface area contributed by atoms with Crippen molar-refractivity contribution in [2.75, 3.05) is 24.6 Å². The van der Waals surface area contributed by atoms with Crippen molar-refractivity contribution in [3.8, 4) is 0 Å². The van der Waals surface area contributed by atoms with E-state index in [1.54, 1.807) is 6.33 Å². The highest BCUT2D eigenvalue weighted by molar-refractivity contribution is 5.93. The van der Waals surface area contributed by atoms with Crippen molar-refractivity contribution in [3.05, 3.63) is 30.1 Å². The van der Waals surface area contributed by atoms with E-state index in [1.165, 1.54) is 23.8 Å². The molecule has 3 aliphatic rings. The van der Waals surface area contributed by atoms with Gasteiger partial charge in [0.15, 0.2) is 0 Å². The summed E-state index contributed by atoms with van der Waals surface area (Å²) in [7, 11) is 0. The zero-order chi connectivity index (χ0) is 26.0. The van der Waals surface area contributed by atoms with Gasteiger partial charge in [0.25, 0.3) is 0 Å². The number of carbonyl (C=O) groups is 2. The number of fused-ring (bicyclic) bond motifs is 1. The molecule has 1 saturated heterocycles. The van der Waals surface area contributed by atoms with Crippen molar-refractivity contribution < 1.29 is 19.1 Å². The van der Waals surface area contributed by atoms with Crippen molar-refractivity contribution in [2.24, 2.45) is 5.92 Å². The van der Waals surface area contributed by atoms with Crippen molar-refractivity contribution >= 4 is 28.8 Å². The molecule has 2 aliphatic carbocycles. The first kappa shape index (κ1) is 26.2. The molecule has 8 heteroatoms. The van der Waals surface area contributed by atoms with E-state index in [-0.39, 0.29) is 30.1 Å². The normalized spacial score (nSPS) is 22.1. The smallest absolute Gasteiger partial charge is 0.410 e. The first-order chi connectivity index (χ1) is 17.1. The minimum Gasteiger partial charge on any atom is -0.466 e. The Bertz CT molecular complexity index is 1090. The fourth-order valence-corrected chi connectivity index (χ4v) is 4.65. The fraction of sp³-hybridized carbons (Fsp3) is 0.643. The van der Waals surface area contributed by atoms with E-state index in [1.807, 2.05) is 32.6 Å². The highest BCUT2D eigenvalue weighted by Crippen LogP contribution is 2.45. The predicted molar refractivity (Wildman–Crippen MR) is 140 cm³/mol. The second-order valence-electron chi connectivity index (χ2n) is 11.2. The molecule has 36 heavy (non-hydrogen) atoms. The largest absolute Gasteiger partial charge is 0.466 e. The Morgan fingerprint density at radius 2 is 1.75 bits per heavy atom. The van der Waals surface area contributed by atoms with Crippen LogP contribution in [-0.2, 0) is 14.3 Å². The molecule has 5 rings (SSSR count). The molecule has 1 aromatic heterocycles. The van der Waals surface area contributed by atoms with Gasteiger partial charge in [0.2, 0.25) is 0 Å². The Morgan fingerprint density at radius 1 is 1.03 bits per heavy atom. The van der Waals surface area contributed by atoms with Gasteiger partial charge in [0.1, 0.15) is 17.7 Å². The Balaban J connectivity index is 0.000000325. The fourth-order valence-electron chi connectivity index (χ4n) is 4.65. The highest BCUT2D eigenvalue weighted by Gasteiger charge is 2.36. The Morgan fingerprint density at radius 3 is 2.36 bits per heavy atom. The van der Waals surface area contributed by atoms with E-state index in [0.29, 0.717) is 19.1 Å². The van der Waals surface area contributed by atoms with Gasteiger partial charge in [-0.3, -0.25) is 4.79 Å². The maximum atomic E-state index is 12.6. The third-order valence-corrected chi connectivity index (χ3v) is 6.78. The van der Waals surface area contributed by atoms with Gasteiger partial charge >= 0.3 is 12.1 Å². The summed E-state index contributed by atoms with van der Waals surface area (Å²) >= 11 is 0. The number of nitrogens with zero attached hydrogens (tertiary/aromatic N) is 4. The summed E-state index contributed by atoms with van der Waals surface area (Å²) in [6, 6.07) is 6.58. The molecule has 196 valence electrons. The molecule has 2 heterocycles. The highest BCUT2D eigenvalue weighted by atomic mass is 16.6. The molecule has 0 unspecified atom stereocenters. The molecule has 0 spiro atoms. The summed E-state index contributed by atoms with van der Waals surface area (Å²) < 4.78 is 10.3. The second-order valence-corrected chi connectivity index (χ2v) is 11.2. The molecule has 2 aromatic rings. The quantitative estimate of drug-likeness (QED) is 0.531.